The van der Waals surface area contributed by atoms with E-state index in [4.69, 9.17) is 4.74 Å². The van der Waals surface area contributed by atoms with Crippen LogP contribution in [0.1, 0.15) is 20.8 Å². The van der Waals surface area contributed by atoms with Gasteiger partial charge in [-0.2, -0.15) is 0 Å². The highest BCUT2D eigenvalue weighted by molar-refractivity contribution is 5.85. The third kappa shape index (κ3) is 4.35. The summed E-state index contributed by atoms with van der Waals surface area (Å²) >= 11 is 0. The summed E-state index contributed by atoms with van der Waals surface area (Å²) in [5.41, 5.74) is 4.75. The van der Waals surface area contributed by atoms with Crippen LogP contribution in [0.25, 0.3) is 0 Å². The minimum Gasteiger partial charge on any atom is -0.456 e. The first kappa shape index (κ1) is 11.4. The zero-order valence-corrected chi connectivity index (χ0v) is 8.92. The Morgan fingerprint density at radius 3 is 2.67 bits per heavy atom. The van der Waals surface area contributed by atoms with Crippen molar-refractivity contribution in [2.45, 2.75) is 26.4 Å². The smallest absolute Gasteiger partial charge is 0.426 e. The molecule has 0 saturated carbocycles. The standard InChI is InChI=1S/C9H14N2O4/c1-9(2,3)15-8(13)11-10-6-4-7(12)14-5-6/h4,10H,5H2,1-3H3,(H,11,13). The lowest BCUT2D eigenvalue weighted by atomic mass is 10.2. The molecule has 0 aromatic carbocycles. The first-order valence-electron chi connectivity index (χ1n) is 4.49. The second kappa shape index (κ2) is 4.20. The van der Waals surface area contributed by atoms with E-state index >= 15 is 0 Å². The molecule has 0 spiro atoms. The molecule has 84 valence electrons. The number of hydrogen-bond donors (Lipinski definition) is 2. The molecule has 1 amide bonds. The number of carbonyl (C=O) groups excluding carboxylic acids is 2. The van der Waals surface area contributed by atoms with Gasteiger partial charge in [0, 0.05) is 6.08 Å². The van der Waals surface area contributed by atoms with Crippen molar-refractivity contribution in [1.82, 2.24) is 10.9 Å². The molecule has 1 aliphatic heterocycles. The lowest BCUT2D eigenvalue weighted by molar-refractivity contribution is -0.134. The van der Waals surface area contributed by atoms with Gasteiger partial charge < -0.3 is 9.47 Å². The Kier molecular flexibility index (Phi) is 3.18. The van der Waals surface area contributed by atoms with Crippen molar-refractivity contribution in [1.29, 1.82) is 0 Å². The maximum absolute atomic E-state index is 11.1. The highest BCUT2D eigenvalue weighted by Gasteiger charge is 2.17. The number of nitrogens with one attached hydrogen (secondary N) is 2. The largest absolute Gasteiger partial charge is 0.456 e. The quantitative estimate of drug-likeness (QED) is 0.515. The van der Waals surface area contributed by atoms with Gasteiger partial charge in [0.2, 0.25) is 0 Å². The molecule has 1 rings (SSSR count). The van der Waals surface area contributed by atoms with Gasteiger partial charge >= 0.3 is 12.1 Å². The number of ether oxygens (including phenoxy) is 2. The normalized spacial score (nSPS) is 15.4. The van der Waals surface area contributed by atoms with Crippen molar-refractivity contribution in [3.63, 3.8) is 0 Å². The maximum Gasteiger partial charge on any atom is 0.426 e. The van der Waals surface area contributed by atoms with Crippen LogP contribution >= 0.6 is 0 Å². The van der Waals surface area contributed by atoms with Crippen molar-refractivity contribution in [3.8, 4) is 0 Å². The molecule has 2 N–H and O–H groups in total. The van der Waals surface area contributed by atoms with Crippen molar-refractivity contribution >= 4 is 12.1 Å². The number of hydrogen-bond acceptors (Lipinski definition) is 5. The fourth-order valence-corrected chi connectivity index (χ4v) is 0.882. The molecule has 15 heavy (non-hydrogen) atoms. The molecule has 6 heteroatoms. The van der Waals surface area contributed by atoms with Crippen LogP contribution in [0.4, 0.5) is 4.79 Å². The predicted molar refractivity (Wildman–Crippen MR) is 51.5 cm³/mol. The van der Waals surface area contributed by atoms with Crippen LogP contribution in [0.15, 0.2) is 11.8 Å². The minimum atomic E-state index is -0.609. The van der Waals surface area contributed by atoms with Gasteiger partial charge in [-0.05, 0) is 20.8 Å². The Morgan fingerprint density at radius 1 is 1.53 bits per heavy atom. The van der Waals surface area contributed by atoms with E-state index in [0.717, 1.165) is 0 Å². The molecule has 6 nitrogen and oxygen atoms in total. The van der Waals surface area contributed by atoms with E-state index in [1.165, 1.54) is 6.08 Å². The molecule has 0 aromatic heterocycles. The first-order valence-corrected chi connectivity index (χ1v) is 4.49. The monoisotopic (exact) mass is 214 g/mol. The number of esters is 1. The summed E-state index contributed by atoms with van der Waals surface area (Å²) in [7, 11) is 0. The summed E-state index contributed by atoms with van der Waals surface area (Å²) < 4.78 is 9.57. The number of rotatable bonds is 2. The van der Waals surface area contributed by atoms with Gasteiger partial charge in [-0.1, -0.05) is 0 Å². The molecule has 0 fully saturated rings. The molecular weight excluding hydrogens is 200 g/mol. The Morgan fingerprint density at radius 2 is 2.20 bits per heavy atom. The molecule has 0 unspecified atom stereocenters. The zero-order valence-electron chi connectivity index (χ0n) is 8.92. The lowest BCUT2D eigenvalue weighted by Gasteiger charge is -2.20. The Labute approximate surface area is 87.6 Å². The summed E-state index contributed by atoms with van der Waals surface area (Å²) in [6.45, 7) is 5.41. The third-order valence-corrected chi connectivity index (χ3v) is 1.39. The zero-order chi connectivity index (χ0) is 11.5. The van der Waals surface area contributed by atoms with Gasteiger partial charge in [-0.3, -0.25) is 5.43 Å². The van der Waals surface area contributed by atoms with E-state index in [0.29, 0.717) is 5.70 Å². The van der Waals surface area contributed by atoms with Crippen LogP contribution in [0.2, 0.25) is 0 Å². The Bertz CT molecular complexity index is 304. The van der Waals surface area contributed by atoms with Gasteiger partial charge in [0.15, 0.2) is 0 Å². The molecule has 0 aromatic rings. The van der Waals surface area contributed by atoms with Crippen molar-refractivity contribution in [3.05, 3.63) is 11.8 Å². The van der Waals surface area contributed by atoms with Gasteiger partial charge in [-0.25, -0.2) is 15.0 Å². The topological polar surface area (TPSA) is 76.7 Å². The molecule has 0 bridgehead atoms. The van der Waals surface area contributed by atoms with Gasteiger partial charge in [0.1, 0.15) is 12.2 Å². The highest BCUT2D eigenvalue weighted by atomic mass is 16.6. The average Bonchev–Trinajstić information content (AvgIpc) is 2.45. The van der Waals surface area contributed by atoms with Crippen LogP contribution in [0.3, 0.4) is 0 Å². The van der Waals surface area contributed by atoms with E-state index in [2.05, 4.69) is 15.6 Å². The molecule has 1 aliphatic rings. The SMILES string of the molecule is CC(C)(C)OC(=O)NNC1=CC(=O)OC1. The fourth-order valence-electron chi connectivity index (χ4n) is 0.882. The van der Waals surface area contributed by atoms with Crippen molar-refractivity contribution in [2.24, 2.45) is 0 Å². The predicted octanol–water partition coefficient (Wildman–Crippen LogP) is 0.456. The minimum absolute atomic E-state index is 0.134. The third-order valence-electron chi connectivity index (χ3n) is 1.39. The summed E-state index contributed by atoms with van der Waals surface area (Å²) in [6, 6.07) is 0. The van der Waals surface area contributed by atoms with Gasteiger partial charge in [0.05, 0.1) is 5.70 Å². The van der Waals surface area contributed by atoms with Gasteiger partial charge in [0.25, 0.3) is 0 Å². The van der Waals surface area contributed by atoms with E-state index in [9.17, 15) is 9.59 Å². The summed E-state index contributed by atoms with van der Waals surface area (Å²) in [5, 5.41) is 0. The summed E-state index contributed by atoms with van der Waals surface area (Å²) in [5.74, 6) is -0.427. The van der Waals surface area contributed by atoms with Crippen LogP contribution in [-0.4, -0.2) is 24.3 Å². The number of cyclic esters (lactones) is 1. The van der Waals surface area contributed by atoms with E-state index in [1.54, 1.807) is 20.8 Å². The Balaban J connectivity index is 2.29. The van der Waals surface area contributed by atoms with Crippen molar-refractivity contribution in [2.75, 3.05) is 6.61 Å². The second-order valence-electron chi connectivity index (χ2n) is 4.03. The first-order chi connectivity index (χ1) is 6.87. The van der Waals surface area contributed by atoms with E-state index in [1.807, 2.05) is 0 Å². The van der Waals surface area contributed by atoms with Crippen molar-refractivity contribution < 1.29 is 19.1 Å². The Hall–Kier alpha value is -1.72. The molecule has 0 atom stereocenters. The second-order valence-corrected chi connectivity index (χ2v) is 4.03. The highest BCUT2D eigenvalue weighted by Crippen LogP contribution is 2.06. The van der Waals surface area contributed by atoms with Crippen LogP contribution in [0, 0.1) is 0 Å². The molecule has 0 radical (unpaired) electrons. The fraction of sp³-hybridized carbons (Fsp3) is 0.556. The van der Waals surface area contributed by atoms with Crippen LogP contribution < -0.4 is 10.9 Å². The van der Waals surface area contributed by atoms with Crippen LogP contribution in [-0.2, 0) is 14.3 Å². The average molecular weight is 214 g/mol. The number of hydrazine groups is 1. The van der Waals surface area contributed by atoms with Gasteiger partial charge in [-0.15, -0.1) is 0 Å². The molecule has 1 heterocycles. The molecular formula is C9H14N2O4. The molecule has 0 aliphatic carbocycles. The number of carbonyl (C=O) groups is 2. The summed E-state index contributed by atoms with van der Waals surface area (Å²) in [6.07, 6.45) is 0.653. The molecule has 0 saturated heterocycles. The maximum atomic E-state index is 11.1. The van der Waals surface area contributed by atoms with E-state index in [-0.39, 0.29) is 6.61 Å². The van der Waals surface area contributed by atoms with E-state index < -0.39 is 17.7 Å². The van der Waals surface area contributed by atoms with Crippen LogP contribution in [0.5, 0.6) is 0 Å². The summed E-state index contributed by atoms with van der Waals surface area (Å²) in [4.78, 5) is 21.8. The number of amides is 1. The lowest BCUT2D eigenvalue weighted by Crippen LogP contribution is -2.40.